The zero-order valence-electron chi connectivity index (χ0n) is 9.28. The highest BCUT2D eigenvalue weighted by molar-refractivity contribution is 5.47. The summed E-state index contributed by atoms with van der Waals surface area (Å²) in [7, 11) is 1.59. The molecule has 0 radical (unpaired) electrons. The fourth-order valence-corrected chi connectivity index (χ4v) is 1.10. The maximum atomic E-state index is 8.88. The average Bonchev–Trinajstić information content (AvgIpc) is 2.25. The van der Waals surface area contributed by atoms with Gasteiger partial charge in [-0.15, -0.1) is 0 Å². The van der Waals surface area contributed by atoms with Gasteiger partial charge >= 0.3 is 0 Å². The van der Waals surface area contributed by atoms with Crippen LogP contribution in [0.25, 0.3) is 0 Å². The quantitative estimate of drug-likeness (QED) is 0.758. The third kappa shape index (κ3) is 3.17. The van der Waals surface area contributed by atoms with Crippen molar-refractivity contribution in [2.45, 2.75) is 13.8 Å². The summed E-state index contributed by atoms with van der Waals surface area (Å²) in [4.78, 5) is 0. The Bertz CT molecular complexity index is 366. The van der Waals surface area contributed by atoms with E-state index in [1.165, 1.54) is 0 Å². The molecule has 1 aromatic rings. The van der Waals surface area contributed by atoms with Crippen molar-refractivity contribution in [3.05, 3.63) is 23.8 Å². The van der Waals surface area contributed by atoms with Crippen molar-refractivity contribution in [2.24, 2.45) is 5.92 Å². The molecule has 15 heavy (non-hydrogen) atoms. The van der Waals surface area contributed by atoms with Crippen LogP contribution >= 0.6 is 0 Å². The molecular weight excluding hydrogens is 190 g/mol. The largest absolute Gasteiger partial charge is 0.497 e. The lowest BCUT2D eigenvalue weighted by atomic mass is 10.2. The number of hydrogen-bond acceptors (Lipinski definition) is 3. The van der Waals surface area contributed by atoms with Gasteiger partial charge in [0.25, 0.3) is 0 Å². The second kappa shape index (κ2) is 5.26. The molecule has 0 spiro atoms. The first-order valence-corrected chi connectivity index (χ1v) is 4.88. The van der Waals surface area contributed by atoms with Crippen LogP contribution in [-0.2, 0) is 0 Å². The maximum absolute atomic E-state index is 8.88. The maximum Gasteiger partial charge on any atom is 0.140 e. The Morgan fingerprint density at radius 1 is 1.40 bits per heavy atom. The van der Waals surface area contributed by atoms with Gasteiger partial charge in [0, 0.05) is 6.07 Å². The molecule has 0 saturated carbocycles. The van der Waals surface area contributed by atoms with Gasteiger partial charge in [0.05, 0.1) is 19.3 Å². The molecule has 1 aromatic carbocycles. The molecule has 0 aliphatic heterocycles. The van der Waals surface area contributed by atoms with Crippen molar-refractivity contribution in [1.29, 1.82) is 5.26 Å². The summed E-state index contributed by atoms with van der Waals surface area (Å²) in [5, 5.41) is 8.88. The van der Waals surface area contributed by atoms with Crippen LogP contribution < -0.4 is 9.47 Å². The number of nitriles is 1. The average molecular weight is 205 g/mol. The Kier molecular flexibility index (Phi) is 3.99. The lowest BCUT2D eigenvalue weighted by Gasteiger charge is -2.11. The molecule has 3 heteroatoms. The minimum Gasteiger partial charge on any atom is -0.497 e. The van der Waals surface area contributed by atoms with E-state index in [9.17, 15) is 0 Å². The molecule has 80 valence electrons. The monoisotopic (exact) mass is 205 g/mol. The van der Waals surface area contributed by atoms with Crippen LogP contribution in [0, 0.1) is 17.2 Å². The van der Waals surface area contributed by atoms with Crippen molar-refractivity contribution < 1.29 is 9.47 Å². The SMILES string of the molecule is COc1ccc(C#N)c(OCC(C)C)c1. The summed E-state index contributed by atoms with van der Waals surface area (Å²) in [5.41, 5.74) is 0.538. The van der Waals surface area contributed by atoms with Crippen LogP contribution in [-0.4, -0.2) is 13.7 Å². The second-order valence-corrected chi connectivity index (χ2v) is 3.68. The van der Waals surface area contributed by atoms with E-state index < -0.39 is 0 Å². The number of hydrogen-bond donors (Lipinski definition) is 0. The van der Waals surface area contributed by atoms with Crippen LogP contribution in [0.1, 0.15) is 19.4 Å². The van der Waals surface area contributed by atoms with E-state index in [1.807, 2.05) is 0 Å². The topological polar surface area (TPSA) is 42.2 Å². The van der Waals surface area contributed by atoms with E-state index >= 15 is 0 Å². The smallest absolute Gasteiger partial charge is 0.140 e. The van der Waals surface area contributed by atoms with Crippen molar-refractivity contribution in [3.8, 4) is 17.6 Å². The third-order valence-electron chi connectivity index (χ3n) is 1.88. The number of rotatable bonds is 4. The molecule has 0 aliphatic carbocycles. The molecule has 0 unspecified atom stereocenters. The molecule has 0 atom stereocenters. The minimum atomic E-state index is 0.433. The molecular formula is C12H15NO2. The van der Waals surface area contributed by atoms with Crippen molar-refractivity contribution in [2.75, 3.05) is 13.7 Å². The number of benzene rings is 1. The van der Waals surface area contributed by atoms with Gasteiger partial charge in [0.15, 0.2) is 0 Å². The molecule has 0 saturated heterocycles. The van der Waals surface area contributed by atoms with Gasteiger partial charge in [-0.05, 0) is 18.1 Å². The van der Waals surface area contributed by atoms with Gasteiger partial charge in [0.1, 0.15) is 17.6 Å². The first-order valence-electron chi connectivity index (χ1n) is 4.88. The van der Waals surface area contributed by atoms with E-state index in [0.717, 1.165) is 0 Å². The standard InChI is InChI=1S/C12H15NO2/c1-9(2)8-15-12-6-11(14-3)5-4-10(12)7-13/h4-6,9H,8H2,1-3H3. The Balaban J connectivity index is 2.87. The Morgan fingerprint density at radius 2 is 2.13 bits per heavy atom. The molecule has 0 bridgehead atoms. The molecule has 1 rings (SSSR count). The first-order chi connectivity index (χ1) is 7.17. The van der Waals surface area contributed by atoms with Gasteiger partial charge in [-0.25, -0.2) is 0 Å². The van der Waals surface area contributed by atoms with Gasteiger partial charge < -0.3 is 9.47 Å². The summed E-state index contributed by atoms with van der Waals surface area (Å²) in [5.74, 6) is 1.72. The van der Waals surface area contributed by atoms with Gasteiger partial charge in [0.2, 0.25) is 0 Å². The summed E-state index contributed by atoms with van der Waals surface area (Å²) in [6.45, 7) is 4.72. The van der Waals surface area contributed by atoms with Crippen LogP contribution in [0.15, 0.2) is 18.2 Å². The third-order valence-corrected chi connectivity index (χ3v) is 1.88. The summed E-state index contributed by atoms with van der Waals surface area (Å²) >= 11 is 0. The van der Waals surface area contributed by atoms with Crippen molar-refractivity contribution >= 4 is 0 Å². The lowest BCUT2D eigenvalue weighted by Crippen LogP contribution is -2.05. The van der Waals surface area contributed by atoms with Crippen LogP contribution in [0.3, 0.4) is 0 Å². The highest BCUT2D eigenvalue weighted by atomic mass is 16.5. The highest BCUT2D eigenvalue weighted by Gasteiger charge is 2.05. The normalized spacial score (nSPS) is 9.80. The fourth-order valence-electron chi connectivity index (χ4n) is 1.10. The van der Waals surface area contributed by atoms with E-state index in [1.54, 1.807) is 25.3 Å². The minimum absolute atomic E-state index is 0.433. The molecule has 3 nitrogen and oxygen atoms in total. The molecule has 0 heterocycles. The van der Waals surface area contributed by atoms with E-state index in [2.05, 4.69) is 19.9 Å². The Hall–Kier alpha value is -1.69. The van der Waals surface area contributed by atoms with Gasteiger partial charge in [-0.3, -0.25) is 0 Å². The first kappa shape index (κ1) is 11.4. The summed E-state index contributed by atoms with van der Waals surface area (Å²) in [6, 6.07) is 7.28. The second-order valence-electron chi connectivity index (χ2n) is 3.68. The van der Waals surface area contributed by atoms with E-state index in [-0.39, 0.29) is 0 Å². The zero-order chi connectivity index (χ0) is 11.3. The predicted molar refractivity (Wildman–Crippen MR) is 58.0 cm³/mol. The van der Waals surface area contributed by atoms with Gasteiger partial charge in [-0.1, -0.05) is 13.8 Å². The van der Waals surface area contributed by atoms with Crippen molar-refractivity contribution in [3.63, 3.8) is 0 Å². The number of ether oxygens (including phenoxy) is 2. The van der Waals surface area contributed by atoms with Crippen molar-refractivity contribution in [1.82, 2.24) is 0 Å². The molecule has 0 aliphatic rings. The number of methoxy groups -OCH3 is 1. The van der Waals surface area contributed by atoms with Gasteiger partial charge in [-0.2, -0.15) is 5.26 Å². The van der Waals surface area contributed by atoms with E-state index in [0.29, 0.717) is 29.6 Å². The van der Waals surface area contributed by atoms with Crippen LogP contribution in [0.4, 0.5) is 0 Å². The Labute approximate surface area is 90.2 Å². The zero-order valence-corrected chi connectivity index (χ0v) is 9.28. The molecule has 0 amide bonds. The summed E-state index contributed by atoms with van der Waals surface area (Å²) in [6.07, 6.45) is 0. The molecule has 0 fully saturated rings. The fraction of sp³-hybridized carbons (Fsp3) is 0.417. The predicted octanol–water partition coefficient (Wildman–Crippen LogP) is 2.60. The summed E-state index contributed by atoms with van der Waals surface area (Å²) < 4.78 is 10.6. The number of nitrogens with zero attached hydrogens (tertiary/aromatic N) is 1. The lowest BCUT2D eigenvalue weighted by molar-refractivity contribution is 0.269. The van der Waals surface area contributed by atoms with Crippen LogP contribution in [0.5, 0.6) is 11.5 Å². The van der Waals surface area contributed by atoms with E-state index in [4.69, 9.17) is 14.7 Å². The van der Waals surface area contributed by atoms with Crippen LogP contribution in [0.2, 0.25) is 0 Å². The molecule has 0 N–H and O–H groups in total. The molecule has 0 aromatic heterocycles. The Morgan fingerprint density at radius 3 is 2.67 bits per heavy atom. The highest BCUT2D eigenvalue weighted by Crippen LogP contribution is 2.24.